The second kappa shape index (κ2) is 1.98. The quantitative estimate of drug-likeness (QED) is 0.378. The van der Waals surface area contributed by atoms with E-state index in [1.807, 2.05) is 0 Å². The van der Waals surface area contributed by atoms with Crippen LogP contribution in [0.3, 0.4) is 0 Å². The van der Waals surface area contributed by atoms with Crippen LogP contribution in [-0.4, -0.2) is 12.2 Å². The molecular formula is C7H11NOS. The zero-order valence-electron chi connectivity index (χ0n) is 6.02. The van der Waals surface area contributed by atoms with Gasteiger partial charge in [0, 0.05) is 17.5 Å². The largest absolute Gasteiger partial charge is 0.313 e. The second-order valence-corrected chi connectivity index (χ2v) is 4.25. The molecule has 0 saturated heterocycles. The van der Waals surface area contributed by atoms with Gasteiger partial charge in [0.1, 0.15) is 0 Å². The van der Waals surface area contributed by atoms with Crippen molar-refractivity contribution in [3.63, 3.8) is 0 Å². The van der Waals surface area contributed by atoms with E-state index in [1.54, 1.807) is 7.11 Å². The van der Waals surface area contributed by atoms with Gasteiger partial charge in [0.25, 0.3) is 0 Å². The van der Waals surface area contributed by atoms with Crippen LogP contribution in [-0.2, 0) is 4.18 Å². The van der Waals surface area contributed by atoms with Gasteiger partial charge < -0.3 is 4.18 Å². The highest BCUT2D eigenvalue weighted by molar-refractivity contribution is 8.09. The number of hydrogen-bond donors (Lipinski definition) is 1. The summed E-state index contributed by atoms with van der Waals surface area (Å²) in [6.45, 7) is 0. The topological polar surface area (TPSA) is 33.1 Å². The van der Waals surface area contributed by atoms with Crippen molar-refractivity contribution in [1.29, 1.82) is 5.41 Å². The Bertz CT molecular complexity index is 163. The molecule has 0 unspecified atom stereocenters. The van der Waals surface area contributed by atoms with Crippen molar-refractivity contribution in [2.75, 3.05) is 7.11 Å². The van der Waals surface area contributed by atoms with Crippen molar-refractivity contribution in [3.05, 3.63) is 0 Å². The first-order valence-electron chi connectivity index (χ1n) is 3.56. The Morgan fingerprint density at radius 2 is 2.20 bits per heavy atom. The smallest absolute Gasteiger partial charge is 0.0979 e. The minimum Gasteiger partial charge on any atom is -0.313 e. The molecule has 0 atom stereocenters. The Hall–Kier alpha value is -0.0200. The van der Waals surface area contributed by atoms with Crippen LogP contribution in [0.15, 0.2) is 0 Å². The van der Waals surface area contributed by atoms with Gasteiger partial charge in [0.15, 0.2) is 0 Å². The van der Waals surface area contributed by atoms with Crippen LogP contribution in [0.4, 0.5) is 0 Å². The fourth-order valence-electron chi connectivity index (χ4n) is 1.93. The highest BCUT2D eigenvalue weighted by atomic mass is 32.2. The lowest BCUT2D eigenvalue weighted by atomic mass is 9.45. The minimum absolute atomic E-state index is 0.297. The molecule has 0 aliphatic heterocycles. The Kier molecular flexibility index (Phi) is 1.32. The summed E-state index contributed by atoms with van der Waals surface area (Å²) in [5.74, 6) is 0.956. The summed E-state index contributed by atoms with van der Waals surface area (Å²) in [4.78, 5) is 0. The van der Waals surface area contributed by atoms with Gasteiger partial charge in [0.05, 0.1) is 12.2 Å². The van der Waals surface area contributed by atoms with Crippen LogP contribution < -0.4 is 0 Å². The molecule has 2 nitrogen and oxygen atoms in total. The van der Waals surface area contributed by atoms with Gasteiger partial charge in [-0.1, -0.05) is 0 Å². The average Bonchev–Trinajstić information content (AvgIpc) is 1.56. The van der Waals surface area contributed by atoms with Crippen LogP contribution in [0.1, 0.15) is 19.3 Å². The molecule has 56 valence electrons. The van der Waals surface area contributed by atoms with Crippen LogP contribution in [0.25, 0.3) is 0 Å². The van der Waals surface area contributed by atoms with Gasteiger partial charge in [-0.2, -0.15) is 0 Å². The predicted octanol–water partition coefficient (Wildman–Crippen LogP) is 2.06. The van der Waals surface area contributed by atoms with E-state index in [0.29, 0.717) is 5.41 Å². The zero-order chi connectivity index (χ0) is 7.19. The van der Waals surface area contributed by atoms with Gasteiger partial charge in [-0.05, 0) is 25.2 Å². The average molecular weight is 157 g/mol. The summed E-state index contributed by atoms with van der Waals surface area (Å²) < 4.78 is 4.84. The maximum atomic E-state index is 7.62. The predicted molar refractivity (Wildman–Crippen MR) is 42.1 cm³/mol. The maximum absolute atomic E-state index is 7.62. The van der Waals surface area contributed by atoms with Crippen LogP contribution in [0.2, 0.25) is 0 Å². The van der Waals surface area contributed by atoms with Gasteiger partial charge in [0.2, 0.25) is 0 Å². The summed E-state index contributed by atoms with van der Waals surface area (Å²) in [6.07, 6.45) is 3.76. The lowest BCUT2D eigenvalue weighted by Crippen LogP contribution is -2.55. The van der Waals surface area contributed by atoms with Crippen molar-refractivity contribution >= 4 is 17.1 Å². The Balaban J connectivity index is 1.92. The SMILES string of the molecule is COSC(=N)C12CC(C1)C2. The Morgan fingerprint density at radius 3 is 2.50 bits per heavy atom. The molecule has 3 rings (SSSR count). The third kappa shape index (κ3) is 0.676. The van der Waals surface area contributed by atoms with E-state index in [1.165, 1.54) is 31.3 Å². The summed E-state index contributed by atoms with van der Waals surface area (Å²) in [5, 5.41) is 8.37. The van der Waals surface area contributed by atoms with E-state index in [0.717, 1.165) is 11.0 Å². The van der Waals surface area contributed by atoms with Crippen LogP contribution in [0, 0.1) is 16.7 Å². The molecule has 10 heavy (non-hydrogen) atoms. The van der Waals surface area contributed by atoms with E-state index in [4.69, 9.17) is 9.59 Å². The van der Waals surface area contributed by atoms with E-state index in [-0.39, 0.29) is 0 Å². The molecule has 3 aliphatic rings. The molecule has 3 heteroatoms. The zero-order valence-corrected chi connectivity index (χ0v) is 6.83. The third-order valence-electron chi connectivity index (χ3n) is 2.69. The minimum atomic E-state index is 0.297. The summed E-state index contributed by atoms with van der Waals surface area (Å²) >= 11 is 1.24. The maximum Gasteiger partial charge on any atom is 0.0979 e. The fraction of sp³-hybridized carbons (Fsp3) is 0.857. The molecule has 3 aliphatic carbocycles. The molecule has 0 aromatic heterocycles. The van der Waals surface area contributed by atoms with Crippen molar-refractivity contribution in [2.45, 2.75) is 19.3 Å². The molecule has 0 spiro atoms. The highest BCUT2D eigenvalue weighted by Gasteiger charge is 2.59. The Morgan fingerprint density at radius 1 is 1.60 bits per heavy atom. The third-order valence-corrected chi connectivity index (χ3v) is 3.45. The van der Waals surface area contributed by atoms with Crippen molar-refractivity contribution in [1.82, 2.24) is 0 Å². The van der Waals surface area contributed by atoms with Gasteiger partial charge in [-0.3, -0.25) is 5.41 Å². The lowest BCUT2D eigenvalue weighted by Gasteiger charge is -2.61. The first kappa shape index (κ1) is 6.68. The number of nitrogens with one attached hydrogen (secondary N) is 1. The molecule has 1 N–H and O–H groups in total. The molecule has 0 aromatic carbocycles. The second-order valence-electron chi connectivity index (χ2n) is 3.34. The molecular weight excluding hydrogens is 146 g/mol. The van der Waals surface area contributed by atoms with Crippen molar-refractivity contribution in [3.8, 4) is 0 Å². The molecule has 3 saturated carbocycles. The van der Waals surface area contributed by atoms with Gasteiger partial charge in [-0.25, -0.2) is 0 Å². The highest BCUT2D eigenvalue weighted by Crippen LogP contribution is 2.66. The number of rotatable bonds is 2. The Labute approximate surface area is 65.0 Å². The van der Waals surface area contributed by atoms with E-state index in [2.05, 4.69) is 0 Å². The fourth-order valence-corrected chi connectivity index (χ4v) is 2.52. The van der Waals surface area contributed by atoms with Crippen molar-refractivity contribution in [2.24, 2.45) is 11.3 Å². The molecule has 3 fully saturated rings. The van der Waals surface area contributed by atoms with Crippen LogP contribution >= 0.6 is 12.0 Å². The van der Waals surface area contributed by atoms with E-state index >= 15 is 0 Å². The summed E-state index contributed by atoms with van der Waals surface area (Å²) in [5.41, 5.74) is 0.297. The van der Waals surface area contributed by atoms with Gasteiger partial charge in [-0.15, -0.1) is 0 Å². The summed E-state index contributed by atoms with van der Waals surface area (Å²) in [6, 6.07) is 0. The van der Waals surface area contributed by atoms with E-state index in [9.17, 15) is 0 Å². The molecule has 0 amide bonds. The first-order valence-corrected chi connectivity index (χ1v) is 4.31. The normalized spacial score (nSPS) is 41.9. The van der Waals surface area contributed by atoms with E-state index < -0.39 is 0 Å². The molecule has 0 heterocycles. The van der Waals surface area contributed by atoms with Gasteiger partial charge >= 0.3 is 0 Å². The summed E-state index contributed by atoms with van der Waals surface area (Å²) in [7, 11) is 1.63. The monoisotopic (exact) mass is 157 g/mol. The molecule has 0 aromatic rings. The lowest BCUT2D eigenvalue weighted by molar-refractivity contribution is -0.0383. The van der Waals surface area contributed by atoms with Crippen LogP contribution in [0.5, 0.6) is 0 Å². The molecule has 0 radical (unpaired) electrons. The van der Waals surface area contributed by atoms with Crippen molar-refractivity contribution < 1.29 is 4.18 Å². The standard InChI is InChI=1S/C7H11NOS/c1-9-10-6(8)7-2-5(3-7)4-7/h5,8H,2-4H2,1H3. The molecule has 2 bridgehead atoms. The first-order chi connectivity index (χ1) is 4.77. The number of hydrogen-bond acceptors (Lipinski definition) is 3.